The molecule has 1 aromatic carbocycles. The van der Waals surface area contributed by atoms with Crippen LogP contribution >= 0.6 is 0 Å². The molecule has 1 aromatic heterocycles. The lowest BCUT2D eigenvalue weighted by atomic mass is 10.1. The van der Waals surface area contributed by atoms with Crippen LogP contribution in [0.2, 0.25) is 0 Å². The topological polar surface area (TPSA) is 46.5 Å². The third-order valence-corrected chi connectivity index (χ3v) is 4.49. The van der Waals surface area contributed by atoms with Crippen molar-refractivity contribution in [1.82, 2.24) is 4.98 Å². The Hall–Kier alpha value is -1.81. The molecule has 2 rings (SSSR count). The number of H-pyrrole nitrogens is 1. The second-order valence-electron chi connectivity index (χ2n) is 6.70. The SMILES string of the molecule is CCCCOc1ccc2[nH]c(C)c(C[NH+](C)CCCC)c(=O)c2c1. The standard InChI is InChI=1S/C20H30N2O2/c1-5-7-11-22(4)14-18-15(3)21-19-10-9-16(24-12-8-6-2)13-17(19)20(18)23/h9-10,13H,5-8,11-12,14H2,1-4H3,(H,21,23)/p+1. The lowest BCUT2D eigenvalue weighted by Gasteiger charge is -2.15. The number of hydrogen-bond acceptors (Lipinski definition) is 2. The van der Waals surface area contributed by atoms with Gasteiger partial charge in [-0.3, -0.25) is 4.79 Å². The van der Waals surface area contributed by atoms with Gasteiger partial charge >= 0.3 is 0 Å². The number of pyridine rings is 1. The van der Waals surface area contributed by atoms with Gasteiger partial charge in [0.2, 0.25) is 0 Å². The summed E-state index contributed by atoms with van der Waals surface area (Å²) in [7, 11) is 2.16. The Morgan fingerprint density at radius 2 is 1.92 bits per heavy atom. The van der Waals surface area contributed by atoms with Gasteiger partial charge in [0, 0.05) is 16.6 Å². The van der Waals surface area contributed by atoms with Crippen molar-refractivity contribution in [3.8, 4) is 5.75 Å². The smallest absolute Gasteiger partial charge is 0.198 e. The quantitative estimate of drug-likeness (QED) is 0.694. The van der Waals surface area contributed by atoms with E-state index in [9.17, 15) is 4.79 Å². The maximum Gasteiger partial charge on any atom is 0.198 e. The predicted octanol–water partition coefficient (Wildman–Crippen LogP) is 2.83. The molecule has 0 bridgehead atoms. The number of unbranched alkanes of at least 4 members (excludes halogenated alkanes) is 2. The molecule has 0 aliphatic heterocycles. The van der Waals surface area contributed by atoms with E-state index in [0.717, 1.165) is 53.8 Å². The molecule has 0 amide bonds. The summed E-state index contributed by atoms with van der Waals surface area (Å²) in [4.78, 5) is 17.7. The van der Waals surface area contributed by atoms with Crippen molar-refractivity contribution in [2.45, 2.75) is 53.0 Å². The summed E-state index contributed by atoms with van der Waals surface area (Å²) in [5.41, 5.74) is 2.89. The molecule has 0 saturated carbocycles. The highest BCUT2D eigenvalue weighted by Gasteiger charge is 2.14. The molecule has 132 valence electrons. The fourth-order valence-corrected chi connectivity index (χ4v) is 2.94. The van der Waals surface area contributed by atoms with Crippen LogP contribution in [0, 0.1) is 6.92 Å². The molecule has 2 N–H and O–H groups in total. The number of nitrogens with one attached hydrogen (secondary N) is 2. The van der Waals surface area contributed by atoms with E-state index < -0.39 is 0 Å². The molecular weight excluding hydrogens is 300 g/mol. The van der Waals surface area contributed by atoms with E-state index in [4.69, 9.17) is 4.74 Å². The van der Waals surface area contributed by atoms with Gasteiger partial charge in [0.15, 0.2) is 5.43 Å². The van der Waals surface area contributed by atoms with E-state index in [1.807, 2.05) is 25.1 Å². The van der Waals surface area contributed by atoms with E-state index in [-0.39, 0.29) is 5.43 Å². The van der Waals surface area contributed by atoms with Crippen molar-refractivity contribution < 1.29 is 9.64 Å². The van der Waals surface area contributed by atoms with E-state index in [1.54, 1.807) is 0 Å². The summed E-state index contributed by atoms with van der Waals surface area (Å²) >= 11 is 0. The first-order valence-corrected chi connectivity index (χ1v) is 9.16. The summed E-state index contributed by atoms with van der Waals surface area (Å²) in [5.74, 6) is 0.780. The predicted molar refractivity (Wildman–Crippen MR) is 100 cm³/mol. The van der Waals surface area contributed by atoms with Crippen molar-refractivity contribution in [2.24, 2.45) is 0 Å². The number of aryl methyl sites for hydroxylation is 1. The molecule has 4 nitrogen and oxygen atoms in total. The number of quaternary nitrogens is 1. The normalized spacial score (nSPS) is 12.5. The summed E-state index contributed by atoms with van der Waals surface area (Å²) in [6.45, 7) is 8.88. The van der Waals surface area contributed by atoms with Gasteiger partial charge in [-0.1, -0.05) is 26.7 Å². The lowest BCUT2D eigenvalue weighted by molar-refractivity contribution is -0.894. The maximum absolute atomic E-state index is 13.0. The Morgan fingerprint density at radius 1 is 1.17 bits per heavy atom. The van der Waals surface area contributed by atoms with Crippen molar-refractivity contribution in [3.63, 3.8) is 0 Å². The van der Waals surface area contributed by atoms with Gasteiger partial charge in [-0.15, -0.1) is 0 Å². The fourth-order valence-electron chi connectivity index (χ4n) is 2.94. The molecular formula is C20H31N2O2+. The number of ether oxygens (including phenoxy) is 1. The number of hydrogen-bond donors (Lipinski definition) is 2. The molecule has 0 fully saturated rings. The number of fused-ring (bicyclic) bond motifs is 1. The zero-order valence-electron chi connectivity index (χ0n) is 15.5. The number of benzene rings is 1. The number of aromatic amines is 1. The number of aromatic nitrogens is 1. The van der Waals surface area contributed by atoms with Gasteiger partial charge < -0.3 is 14.6 Å². The Morgan fingerprint density at radius 3 is 2.62 bits per heavy atom. The molecule has 0 spiro atoms. The zero-order valence-corrected chi connectivity index (χ0v) is 15.5. The molecule has 24 heavy (non-hydrogen) atoms. The largest absolute Gasteiger partial charge is 0.494 e. The average molecular weight is 331 g/mol. The van der Waals surface area contributed by atoms with Gasteiger partial charge in [-0.05, 0) is 38.0 Å². The second-order valence-corrected chi connectivity index (χ2v) is 6.70. The number of rotatable bonds is 9. The Balaban J connectivity index is 2.29. The van der Waals surface area contributed by atoms with Crippen LogP contribution in [-0.2, 0) is 6.54 Å². The van der Waals surface area contributed by atoms with Gasteiger partial charge in [-0.2, -0.15) is 0 Å². The minimum atomic E-state index is 0.137. The van der Waals surface area contributed by atoms with Gasteiger partial charge in [-0.25, -0.2) is 0 Å². The summed E-state index contributed by atoms with van der Waals surface area (Å²) < 4.78 is 5.76. The molecule has 4 heteroatoms. The Labute approximate surface area is 144 Å². The van der Waals surface area contributed by atoms with Gasteiger partial charge in [0.1, 0.15) is 12.3 Å². The maximum atomic E-state index is 13.0. The van der Waals surface area contributed by atoms with Crippen LogP contribution in [0.15, 0.2) is 23.0 Å². The van der Waals surface area contributed by atoms with E-state index in [0.29, 0.717) is 6.61 Å². The molecule has 0 aliphatic rings. The van der Waals surface area contributed by atoms with Crippen LogP contribution < -0.4 is 15.1 Å². The van der Waals surface area contributed by atoms with Crippen LogP contribution in [0.5, 0.6) is 5.75 Å². The highest BCUT2D eigenvalue weighted by molar-refractivity contribution is 5.81. The van der Waals surface area contributed by atoms with Crippen molar-refractivity contribution >= 4 is 10.9 Å². The van der Waals surface area contributed by atoms with Crippen LogP contribution in [0.3, 0.4) is 0 Å². The molecule has 2 aromatic rings. The average Bonchev–Trinajstić information content (AvgIpc) is 2.57. The van der Waals surface area contributed by atoms with Crippen molar-refractivity contribution in [3.05, 3.63) is 39.7 Å². The molecule has 0 radical (unpaired) electrons. The third-order valence-electron chi connectivity index (χ3n) is 4.49. The second kappa shape index (κ2) is 8.88. The monoisotopic (exact) mass is 331 g/mol. The Kier molecular flexibility index (Phi) is 6.85. The first kappa shape index (κ1) is 18.5. The van der Waals surface area contributed by atoms with E-state index in [1.165, 1.54) is 17.7 Å². The molecule has 0 aliphatic carbocycles. The fraction of sp³-hybridized carbons (Fsp3) is 0.550. The minimum absolute atomic E-state index is 0.137. The van der Waals surface area contributed by atoms with Gasteiger partial charge in [0.25, 0.3) is 0 Å². The Bertz CT molecular complexity index is 721. The van der Waals surface area contributed by atoms with Gasteiger partial charge in [0.05, 0.1) is 25.8 Å². The highest BCUT2D eigenvalue weighted by atomic mass is 16.5. The molecule has 1 atom stereocenters. The molecule has 0 saturated heterocycles. The third kappa shape index (κ3) is 4.60. The van der Waals surface area contributed by atoms with Crippen LogP contribution in [-0.4, -0.2) is 25.2 Å². The lowest BCUT2D eigenvalue weighted by Crippen LogP contribution is -3.07. The first-order chi connectivity index (χ1) is 11.6. The van der Waals surface area contributed by atoms with E-state index in [2.05, 4.69) is 25.9 Å². The highest BCUT2D eigenvalue weighted by Crippen LogP contribution is 2.18. The minimum Gasteiger partial charge on any atom is -0.494 e. The summed E-state index contributed by atoms with van der Waals surface area (Å²) in [6, 6.07) is 5.77. The summed E-state index contributed by atoms with van der Waals surface area (Å²) in [5, 5.41) is 0.730. The van der Waals surface area contributed by atoms with Crippen molar-refractivity contribution in [1.29, 1.82) is 0 Å². The zero-order chi connectivity index (χ0) is 17.5. The molecule has 1 unspecified atom stereocenters. The van der Waals surface area contributed by atoms with E-state index >= 15 is 0 Å². The van der Waals surface area contributed by atoms with Crippen molar-refractivity contribution in [2.75, 3.05) is 20.2 Å². The van der Waals surface area contributed by atoms with Crippen LogP contribution in [0.4, 0.5) is 0 Å². The van der Waals surface area contributed by atoms with Crippen LogP contribution in [0.1, 0.15) is 50.8 Å². The first-order valence-electron chi connectivity index (χ1n) is 9.16. The summed E-state index contributed by atoms with van der Waals surface area (Å²) in [6.07, 6.45) is 4.50. The van der Waals surface area contributed by atoms with Crippen LogP contribution in [0.25, 0.3) is 10.9 Å². The molecule has 1 heterocycles.